The Balaban J connectivity index is 1.27. The molecule has 1 amide bonds. The van der Waals surface area contributed by atoms with Crippen LogP contribution in [0.2, 0.25) is 0 Å². The first-order valence-electron chi connectivity index (χ1n) is 12.8. The van der Waals surface area contributed by atoms with E-state index >= 15 is 0 Å². The van der Waals surface area contributed by atoms with Crippen molar-refractivity contribution in [1.82, 2.24) is 10.4 Å². The number of hydrogen-bond donors (Lipinski definition) is 1. The summed E-state index contributed by atoms with van der Waals surface area (Å²) in [7, 11) is 1.62. The second kappa shape index (κ2) is 12.2. The lowest BCUT2D eigenvalue weighted by molar-refractivity contribution is 0.0956. The van der Waals surface area contributed by atoms with Gasteiger partial charge in [-0.05, 0) is 86.6 Å². The van der Waals surface area contributed by atoms with E-state index in [0.717, 1.165) is 22.4 Å². The summed E-state index contributed by atoms with van der Waals surface area (Å²) in [6.07, 6.45) is 1.54. The molecule has 40 heavy (non-hydrogen) atoms. The predicted molar refractivity (Wildman–Crippen MR) is 154 cm³/mol. The first kappa shape index (κ1) is 26.5. The molecule has 0 unspecified atom stereocenters. The van der Waals surface area contributed by atoms with E-state index in [2.05, 4.69) is 10.5 Å². The van der Waals surface area contributed by atoms with E-state index < -0.39 is 0 Å². The van der Waals surface area contributed by atoms with Crippen LogP contribution in [-0.2, 0) is 6.61 Å². The molecule has 2 heterocycles. The maximum Gasteiger partial charge on any atom is 0.272 e. The van der Waals surface area contributed by atoms with E-state index in [-0.39, 0.29) is 18.6 Å². The SMILES string of the molecule is COc1ccc(OCc2ccc(C=NNC(=O)c3cc(-c4ccc(OC(C)C)cc4)nc4ccccc34)o2)cc1. The number of ether oxygens (including phenoxy) is 3. The average molecular weight is 536 g/mol. The minimum absolute atomic E-state index is 0.0842. The lowest BCUT2D eigenvalue weighted by atomic mass is 10.0. The smallest absolute Gasteiger partial charge is 0.272 e. The van der Waals surface area contributed by atoms with Crippen molar-refractivity contribution in [3.8, 4) is 28.5 Å². The zero-order valence-electron chi connectivity index (χ0n) is 22.5. The number of para-hydroxylation sites is 1. The summed E-state index contributed by atoms with van der Waals surface area (Å²) in [4.78, 5) is 18.0. The van der Waals surface area contributed by atoms with Gasteiger partial charge in [0.1, 0.15) is 35.4 Å². The number of aromatic nitrogens is 1. The molecule has 0 aliphatic carbocycles. The molecule has 8 heteroatoms. The second-order valence-electron chi connectivity index (χ2n) is 9.23. The summed E-state index contributed by atoms with van der Waals surface area (Å²) in [5.74, 6) is 2.98. The molecule has 5 aromatic rings. The predicted octanol–water partition coefficient (Wildman–Crippen LogP) is 6.63. The fraction of sp³-hybridized carbons (Fsp3) is 0.156. The number of hydrazone groups is 1. The van der Waals surface area contributed by atoms with E-state index in [9.17, 15) is 4.79 Å². The molecule has 0 aliphatic heterocycles. The molecule has 0 fully saturated rings. The summed E-state index contributed by atoms with van der Waals surface area (Å²) in [6, 6.07) is 27.8. The van der Waals surface area contributed by atoms with Crippen LogP contribution in [0.5, 0.6) is 17.2 Å². The zero-order valence-corrected chi connectivity index (χ0v) is 22.5. The molecular weight excluding hydrogens is 506 g/mol. The van der Waals surface area contributed by atoms with E-state index in [0.29, 0.717) is 34.0 Å². The second-order valence-corrected chi connectivity index (χ2v) is 9.23. The fourth-order valence-electron chi connectivity index (χ4n) is 4.07. The molecule has 5 rings (SSSR count). The van der Waals surface area contributed by atoms with Crippen molar-refractivity contribution in [3.63, 3.8) is 0 Å². The average Bonchev–Trinajstić information content (AvgIpc) is 3.43. The summed E-state index contributed by atoms with van der Waals surface area (Å²) in [5, 5.41) is 4.84. The number of nitrogens with one attached hydrogen (secondary N) is 1. The maximum absolute atomic E-state index is 13.2. The third-order valence-electron chi connectivity index (χ3n) is 5.96. The topological polar surface area (TPSA) is 95.2 Å². The Kier molecular flexibility index (Phi) is 8.06. The molecule has 0 atom stereocenters. The normalized spacial score (nSPS) is 11.2. The number of methoxy groups -OCH3 is 1. The number of fused-ring (bicyclic) bond motifs is 1. The summed E-state index contributed by atoms with van der Waals surface area (Å²) < 4.78 is 22.4. The van der Waals surface area contributed by atoms with Crippen molar-refractivity contribution in [3.05, 3.63) is 108 Å². The van der Waals surface area contributed by atoms with Crippen molar-refractivity contribution in [1.29, 1.82) is 0 Å². The number of rotatable bonds is 10. The van der Waals surface area contributed by atoms with Crippen LogP contribution in [0.25, 0.3) is 22.2 Å². The number of amides is 1. The first-order chi connectivity index (χ1) is 19.5. The Morgan fingerprint density at radius 1 is 0.950 bits per heavy atom. The Bertz CT molecular complexity index is 1620. The third kappa shape index (κ3) is 6.47. The minimum Gasteiger partial charge on any atom is -0.497 e. The van der Waals surface area contributed by atoms with Crippen LogP contribution in [0.1, 0.15) is 35.7 Å². The highest BCUT2D eigenvalue weighted by atomic mass is 16.5. The van der Waals surface area contributed by atoms with Crippen molar-refractivity contribution in [2.24, 2.45) is 5.10 Å². The van der Waals surface area contributed by atoms with Gasteiger partial charge >= 0.3 is 0 Å². The largest absolute Gasteiger partial charge is 0.497 e. The van der Waals surface area contributed by atoms with Gasteiger partial charge in [-0.25, -0.2) is 10.4 Å². The van der Waals surface area contributed by atoms with E-state index in [1.165, 1.54) is 6.21 Å². The molecule has 0 radical (unpaired) electrons. The molecule has 0 saturated carbocycles. The number of carbonyl (C=O) groups excluding carboxylic acids is 1. The van der Waals surface area contributed by atoms with Crippen LogP contribution in [0.3, 0.4) is 0 Å². The van der Waals surface area contributed by atoms with Crippen molar-refractivity contribution in [2.75, 3.05) is 7.11 Å². The summed E-state index contributed by atoms with van der Waals surface area (Å²) in [6.45, 7) is 4.22. The quantitative estimate of drug-likeness (QED) is 0.159. The summed E-state index contributed by atoms with van der Waals surface area (Å²) >= 11 is 0. The number of pyridine rings is 1. The number of nitrogens with zero attached hydrogens (tertiary/aromatic N) is 2. The van der Waals surface area contributed by atoms with Gasteiger partial charge in [-0.2, -0.15) is 5.10 Å². The standard InChI is InChI=1S/C32H29N3O5/c1-21(2)39-25-10-8-22(9-11-25)31-18-29(28-6-4-5-7-30(28)34-31)32(36)35-33-19-26-16-17-27(40-26)20-38-24-14-12-23(37-3)13-15-24/h4-19,21H,20H2,1-3H3,(H,35,36). The van der Waals surface area contributed by atoms with Crippen LogP contribution in [0.15, 0.2) is 101 Å². The van der Waals surface area contributed by atoms with Crippen molar-refractivity contribution < 1.29 is 23.4 Å². The lowest BCUT2D eigenvalue weighted by Gasteiger charge is -2.11. The minimum atomic E-state index is -0.356. The Morgan fingerprint density at radius 2 is 1.68 bits per heavy atom. The van der Waals surface area contributed by atoms with Crippen LogP contribution in [0.4, 0.5) is 0 Å². The molecule has 3 aromatic carbocycles. The van der Waals surface area contributed by atoms with Crippen molar-refractivity contribution in [2.45, 2.75) is 26.6 Å². The molecule has 8 nitrogen and oxygen atoms in total. The maximum atomic E-state index is 13.2. The van der Waals surface area contributed by atoms with Gasteiger partial charge in [0.25, 0.3) is 5.91 Å². The Morgan fingerprint density at radius 3 is 2.42 bits per heavy atom. The fourth-order valence-corrected chi connectivity index (χ4v) is 4.07. The molecule has 0 bridgehead atoms. The Labute approximate surface area is 232 Å². The number of benzene rings is 3. The van der Waals surface area contributed by atoms with Gasteiger partial charge in [-0.15, -0.1) is 0 Å². The summed E-state index contributed by atoms with van der Waals surface area (Å²) in [5.41, 5.74) is 5.34. The van der Waals surface area contributed by atoms with E-state index in [1.807, 2.05) is 86.6 Å². The highest BCUT2D eigenvalue weighted by Gasteiger charge is 2.14. The van der Waals surface area contributed by atoms with Gasteiger partial charge in [0.2, 0.25) is 0 Å². The van der Waals surface area contributed by atoms with Gasteiger partial charge in [-0.1, -0.05) is 18.2 Å². The zero-order chi connectivity index (χ0) is 27.9. The molecule has 202 valence electrons. The molecule has 2 aromatic heterocycles. The molecular formula is C32H29N3O5. The highest BCUT2D eigenvalue weighted by Crippen LogP contribution is 2.27. The number of hydrogen-bond acceptors (Lipinski definition) is 7. The van der Waals surface area contributed by atoms with Crippen LogP contribution < -0.4 is 19.6 Å². The first-order valence-corrected chi connectivity index (χ1v) is 12.8. The molecule has 1 N–H and O–H groups in total. The van der Waals surface area contributed by atoms with Gasteiger partial charge in [0.05, 0.1) is 36.2 Å². The number of furan rings is 1. The third-order valence-corrected chi connectivity index (χ3v) is 5.96. The van der Waals surface area contributed by atoms with E-state index in [1.54, 1.807) is 25.3 Å². The van der Waals surface area contributed by atoms with Gasteiger partial charge in [-0.3, -0.25) is 4.79 Å². The van der Waals surface area contributed by atoms with Crippen molar-refractivity contribution >= 4 is 23.0 Å². The molecule has 0 saturated heterocycles. The number of carbonyl (C=O) groups is 1. The molecule has 0 spiro atoms. The Hall–Kier alpha value is -5.11. The lowest BCUT2D eigenvalue weighted by Crippen LogP contribution is -2.18. The van der Waals surface area contributed by atoms with Gasteiger partial charge < -0.3 is 18.6 Å². The van der Waals surface area contributed by atoms with Crippen LogP contribution >= 0.6 is 0 Å². The monoisotopic (exact) mass is 535 g/mol. The van der Waals surface area contributed by atoms with Gasteiger partial charge in [0.15, 0.2) is 0 Å². The highest BCUT2D eigenvalue weighted by molar-refractivity contribution is 6.07. The van der Waals surface area contributed by atoms with Crippen LogP contribution in [0, 0.1) is 0 Å². The van der Waals surface area contributed by atoms with E-state index in [4.69, 9.17) is 23.6 Å². The molecule has 0 aliphatic rings. The van der Waals surface area contributed by atoms with Gasteiger partial charge in [0, 0.05) is 10.9 Å². The van der Waals surface area contributed by atoms with Crippen LogP contribution in [-0.4, -0.2) is 30.3 Å².